The summed E-state index contributed by atoms with van der Waals surface area (Å²) < 4.78 is 4.67. The molecule has 0 aromatic carbocycles. The predicted molar refractivity (Wildman–Crippen MR) is 40.8 cm³/mol. The Kier molecular flexibility index (Phi) is 12.3. The molecule has 0 aromatic rings. The van der Waals surface area contributed by atoms with Gasteiger partial charge in [0.2, 0.25) is 0 Å². The summed E-state index contributed by atoms with van der Waals surface area (Å²) in [5.41, 5.74) is 0. The standard InChI is InChI=1S/C7H14O6.2ClH.Mn/c1-13-7-5(11)3(9)2(8)4(10)6(7)12;;;/h2-12H,1H3;2*1H;/q;;;+2/p-2/t2?,3-,4-,5-,6+,7?;;;/m0.../s1. The van der Waals surface area contributed by atoms with E-state index in [1.165, 1.54) is 7.11 Å². The van der Waals surface area contributed by atoms with Gasteiger partial charge in [0.15, 0.2) is 0 Å². The van der Waals surface area contributed by atoms with E-state index in [2.05, 4.69) is 4.74 Å². The van der Waals surface area contributed by atoms with Crippen LogP contribution in [0.2, 0.25) is 0 Å². The molecular formula is C7H14Cl2MnO6. The Morgan fingerprint density at radius 2 is 0.938 bits per heavy atom. The van der Waals surface area contributed by atoms with Crippen molar-refractivity contribution < 1.29 is 72.2 Å². The quantitative estimate of drug-likeness (QED) is 0.307. The molecule has 0 aliphatic heterocycles. The SMILES string of the molecule is COC1[C@@H](O)[C@@H](O)C(O)[C@H](O)[C@H]1O.[Cl-].[Cl-].[Mn+2]. The van der Waals surface area contributed by atoms with Crippen LogP contribution in [-0.2, 0) is 21.8 Å². The van der Waals surface area contributed by atoms with Gasteiger partial charge in [0.25, 0.3) is 0 Å². The first-order valence-corrected chi connectivity index (χ1v) is 3.93. The van der Waals surface area contributed by atoms with Crippen LogP contribution in [0.5, 0.6) is 0 Å². The van der Waals surface area contributed by atoms with Crippen molar-refractivity contribution >= 4 is 0 Å². The van der Waals surface area contributed by atoms with Crippen molar-refractivity contribution in [3.05, 3.63) is 0 Å². The molecule has 99 valence electrons. The van der Waals surface area contributed by atoms with Crippen molar-refractivity contribution in [1.82, 2.24) is 0 Å². The second-order valence-corrected chi connectivity index (χ2v) is 3.15. The van der Waals surface area contributed by atoms with Crippen molar-refractivity contribution in [2.75, 3.05) is 7.11 Å². The maximum atomic E-state index is 9.29. The summed E-state index contributed by atoms with van der Waals surface area (Å²) in [5, 5.41) is 46.1. The Bertz CT molecular complexity index is 172. The average molecular weight is 320 g/mol. The van der Waals surface area contributed by atoms with Gasteiger partial charge in [-0.05, 0) is 0 Å². The Morgan fingerprint density at radius 3 is 1.19 bits per heavy atom. The average Bonchev–Trinajstić information content (AvgIpc) is 2.13. The number of hydrogen-bond acceptors (Lipinski definition) is 6. The summed E-state index contributed by atoms with van der Waals surface area (Å²) in [5.74, 6) is 0. The molecule has 0 spiro atoms. The number of rotatable bonds is 1. The van der Waals surface area contributed by atoms with E-state index in [0.29, 0.717) is 0 Å². The van der Waals surface area contributed by atoms with Gasteiger partial charge in [-0.25, -0.2) is 0 Å². The molecule has 16 heavy (non-hydrogen) atoms. The molecule has 1 radical (unpaired) electrons. The minimum absolute atomic E-state index is 0. The van der Waals surface area contributed by atoms with Crippen molar-refractivity contribution in [2.45, 2.75) is 36.6 Å². The Balaban J connectivity index is -0.000000563. The first-order chi connectivity index (χ1) is 6.00. The van der Waals surface area contributed by atoms with E-state index in [-0.39, 0.29) is 41.9 Å². The summed E-state index contributed by atoms with van der Waals surface area (Å²) in [7, 11) is 1.23. The van der Waals surface area contributed by atoms with E-state index in [1.54, 1.807) is 0 Å². The van der Waals surface area contributed by atoms with Gasteiger partial charge in [-0.2, -0.15) is 0 Å². The first kappa shape index (κ1) is 22.1. The van der Waals surface area contributed by atoms with Crippen molar-refractivity contribution in [3.8, 4) is 0 Å². The fourth-order valence-corrected chi connectivity index (χ4v) is 1.48. The number of hydrogen-bond donors (Lipinski definition) is 5. The van der Waals surface area contributed by atoms with Crippen molar-refractivity contribution in [1.29, 1.82) is 0 Å². The Labute approximate surface area is 116 Å². The third-order valence-electron chi connectivity index (χ3n) is 2.35. The molecule has 1 saturated carbocycles. The zero-order valence-corrected chi connectivity index (χ0v) is 10.9. The van der Waals surface area contributed by atoms with Crippen LogP contribution >= 0.6 is 0 Å². The van der Waals surface area contributed by atoms with Crippen LogP contribution < -0.4 is 24.8 Å². The first-order valence-electron chi connectivity index (χ1n) is 3.93. The summed E-state index contributed by atoms with van der Waals surface area (Å²) in [6, 6.07) is 0. The van der Waals surface area contributed by atoms with E-state index >= 15 is 0 Å². The summed E-state index contributed by atoms with van der Waals surface area (Å²) in [6.07, 6.45) is -8.48. The molecule has 6 atom stereocenters. The minimum atomic E-state index is -1.56. The molecule has 5 N–H and O–H groups in total. The normalized spacial score (nSPS) is 42.4. The molecule has 0 saturated heterocycles. The molecule has 2 unspecified atom stereocenters. The summed E-state index contributed by atoms with van der Waals surface area (Å²) in [4.78, 5) is 0. The second kappa shape index (κ2) is 8.88. The third kappa shape index (κ3) is 3.96. The molecule has 0 heterocycles. The molecule has 1 rings (SSSR count). The van der Waals surface area contributed by atoms with Gasteiger partial charge in [-0.3, -0.25) is 0 Å². The molecule has 1 fully saturated rings. The summed E-state index contributed by atoms with van der Waals surface area (Å²) >= 11 is 0. The van der Waals surface area contributed by atoms with Gasteiger partial charge in [0.05, 0.1) is 0 Å². The minimum Gasteiger partial charge on any atom is -1.00 e. The van der Waals surface area contributed by atoms with Crippen molar-refractivity contribution in [3.63, 3.8) is 0 Å². The molecule has 0 amide bonds. The van der Waals surface area contributed by atoms with Gasteiger partial charge in [-0.15, -0.1) is 0 Å². The Morgan fingerprint density at radius 1 is 0.688 bits per heavy atom. The molecule has 0 aromatic heterocycles. The number of halogens is 2. The van der Waals surface area contributed by atoms with Gasteiger partial charge in [0, 0.05) is 7.11 Å². The number of methoxy groups -OCH3 is 1. The maximum Gasteiger partial charge on any atom is 2.00 e. The molecule has 0 bridgehead atoms. The van der Waals surface area contributed by atoms with Crippen LogP contribution in [0.4, 0.5) is 0 Å². The number of aliphatic hydroxyl groups is 5. The monoisotopic (exact) mass is 319 g/mol. The molecule has 1 aliphatic carbocycles. The van der Waals surface area contributed by atoms with Crippen LogP contribution in [0, 0.1) is 0 Å². The van der Waals surface area contributed by atoms with E-state index in [0.717, 1.165) is 0 Å². The molecular weight excluding hydrogens is 306 g/mol. The van der Waals surface area contributed by atoms with Crippen LogP contribution in [0.15, 0.2) is 0 Å². The second-order valence-electron chi connectivity index (χ2n) is 3.15. The zero-order chi connectivity index (χ0) is 10.2. The van der Waals surface area contributed by atoms with Crippen LogP contribution in [0.25, 0.3) is 0 Å². The van der Waals surface area contributed by atoms with E-state index in [4.69, 9.17) is 5.11 Å². The molecule has 6 nitrogen and oxygen atoms in total. The van der Waals surface area contributed by atoms with Gasteiger partial charge >= 0.3 is 17.1 Å². The van der Waals surface area contributed by atoms with E-state index in [1.807, 2.05) is 0 Å². The van der Waals surface area contributed by atoms with Crippen LogP contribution in [0.3, 0.4) is 0 Å². The van der Waals surface area contributed by atoms with E-state index < -0.39 is 36.6 Å². The fourth-order valence-electron chi connectivity index (χ4n) is 1.48. The molecule has 1 aliphatic rings. The van der Waals surface area contributed by atoms with Gasteiger partial charge < -0.3 is 55.1 Å². The van der Waals surface area contributed by atoms with Gasteiger partial charge in [-0.1, -0.05) is 0 Å². The van der Waals surface area contributed by atoms with E-state index in [9.17, 15) is 20.4 Å². The Hall–Kier alpha value is 0.859. The molecule has 9 heteroatoms. The number of ether oxygens (including phenoxy) is 1. The fraction of sp³-hybridized carbons (Fsp3) is 1.00. The number of aliphatic hydroxyl groups excluding tert-OH is 5. The van der Waals surface area contributed by atoms with Crippen LogP contribution in [0.1, 0.15) is 0 Å². The largest absolute Gasteiger partial charge is 2.00 e. The third-order valence-corrected chi connectivity index (χ3v) is 2.35. The summed E-state index contributed by atoms with van der Waals surface area (Å²) in [6.45, 7) is 0. The van der Waals surface area contributed by atoms with Crippen molar-refractivity contribution in [2.24, 2.45) is 0 Å². The van der Waals surface area contributed by atoms with Crippen LogP contribution in [-0.4, -0.2) is 69.3 Å². The predicted octanol–water partition coefficient (Wildman–Crippen LogP) is -9.18. The smallest absolute Gasteiger partial charge is 1.00 e. The topological polar surface area (TPSA) is 110 Å². The zero-order valence-electron chi connectivity index (χ0n) is 8.24. The van der Waals surface area contributed by atoms with Gasteiger partial charge in [0.1, 0.15) is 36.6 Å². The maximum absolute atomic E-state index is 9.29.